The van der Waals surface area contributed by atoms with E-state index in [-0.39, 0.29) is 6.04 Å². The summed E-state index contributed by atoms with van der Waals surface area (Å²) < 4.78 is 7.34. The highest BCUT2D eigenvalue weighted by molar-refractivity contribution is 7.09. The maximum absolute atomic E-state index is 6.38. The largest absolute Gasteiger partial charge is 0.493 e. The van der Waals surface area contributed by atoms with Crippen LogP contribution in [0.2, 0.25) is 0 Å². The molecule has 7 heteroatoms. The van der Waals surface area contributed by atoms with Gasteiger partial charge < -0.3 is 15.4 Å². The molecular formula is C14H23N5OS. The molecule has 0 saturated heterocycles. The van der Waals surface area contributed by atoms with Crippen LogP contribution in [0.25, 0.3) is 0 Å². The van der Waals surface area contributed by atoms with Crippen molar-refractivity contribution in [1.29, 1.82) is 0 Å². The molecule has 0 aromatic carbocycles. The molecule has 116 valence electrons. The normalized spacial score (nSPS) is 12.9. The molecule has 2 rings (SSSR count). The van der Waals surface area contributed by atoms with Gasteiger partial charge in [-0.2, -0.15) is 5.10 Å². The summed E-state index contributed by atoms with van der Waals surface area (Å²) in [5.41, 5.74) is 8.35. The molecule has 0 amide bonds. The van der Waals surface area contributed by atoms with Crippen molar-refractivity contribution in [1.82, 2.24) is 19.7 Å². The molecular weight excluding hydrogens is 286 g/mol. The SMILES string of the molecule is COc1cnn(CCN(C)C)c1C(N)Cc1nc(C)cs1. The van der Waals surface area contributed by atoms with Gasteiger partial charge in [0.15, 0.2) is 5.75 Å². The van der Waals surface area contributed by atoms with E-state index in [4.69, 9.17) is 10.5 Å². The summed E-state index contributed by atoms with van der Waals surface area (Å²) in [4.78, 5) is 6.60. The number of hydrogen-bond acceptors (Lipinski definition) is 6. The summed E-state index contributed by atoms with van der Waals surface area (Å²) in [6.07, 6.45) is 2.43. The number of hydrogen-bond donors (Lipinski definition) is 1. The Morgan fingerprint density at radius 1 is 1.48 bits per heavy atom. The van der Waals surface area contributed by atoms with Crippen molar-refractivity contribution in [2.75, 3.05) is 27.7 Å². The van der Waals surface area contributed by atoms with Crippen molar-refractivity contribution < 1.29 is 4.74 Å². The zero-order chi connectivity index (χ0) is 15.4. The van der Waals surface area contributed by atoms with Crippen LogP contribution in [0.3, 0.4) is 0 Å². The number of nitrogens with zero attached hydrogens (tertiary/aromatic N) is 4. The molecule has 0 aliphatic rings. The standard InChI is InChI=1S/C14H23N5OS/c1-10-9-21-13(17-10)7-11(15)14-12(20-4)8-16-19(14)6-5-18(2)3/h8-9,11H,5-7,15H2,1-4H3. The summed E-state index contributed by atoms with van der Waals surface area (Å²) in [6.45, 7) is 3.69. The second kappa shape index (κ2) is 7.02. The van der Waals surface area contributed by atoms with Crippen LogP contribution in [0.15, 0.2) is 11.6 Å². The molecule has 0 fully saturated rings. The predicted molar refractivity (Wildman–Crippen MR) is 84.8 cm³/mol. The summed E-state index contributed by atoms with van der Waals surface area (Å²) in [7, 11) is 5.73. The van der Waals surface area contributed by atoms with Crippen molar-refractivity contribution in [3.63, 3.8) is 0 Å². The minimum absolute atomic E-state index is 0.171. The molecule has 0 aliphatic carbocycles. The quantitative estimate of drug-likeness (QED) is 0.838. The molecule has 2 heterocycles. The molecule has 2 aromatic rings. The van der Waals surface area contributed by atoms with Gasteiger partial charge in [-0.05, 0) is 21.0 Å². The van der Waals surface area contributed by atoms with Gasteiger partial charge in [0, 0.05) is 24.0 Å². The molecule has 0 spiro atoms. The fraction of sp³-hybridized carbons (Fsp3) is 0.571. The first-order valence-electron chi connectivity index (χ1n) is 6.92. The molecule has 1 unspecified atom stereocenters. The molecule has 21 heavy (non-hydrogen) atoms. The lowest BCUT2D eigenvalue weighted by Gasteiger charge is -2.16. The van der Waals surface area contributed by atoms with E-state index >= 15 is 0 Å². The first kappa shape index (κ1) is 15.9. The second-order valence-electron chi connectivity index (χ2n) is 5.32. The Kier molecular flexibility index (Phi) is 5.33. The van der Waals surface area contributed by atoms with Gasteiger partial charge in [-0.25, -0.2) is 4.98 Å². The molecule has 0 aliphatic heterocycles. The molecule has 0 saturated carbocycles. The van der Waals surface area contributed by atoms with Gasteiger partial charge in [-0.15, -0.1) is 11.3 Å². The van der Waals surface area contributed by atoms with Gasteiger partial charge in [0.2, 0.25) is 0 Å². The average molecular weight is 309 g/mol. The number of nitrogens with two attached hydrogens (primary N) is 1. The Hall–Kier alpha value is -1.44. The lowest BCUT2D eigenvalue weighted by Crippen LogP contribution is -2.24. The van der Waals surface area contributed by atoms with Crippen molar-refractivity contribution in [2.45, 2.75) is 25.9 Å². The number of aryl methyl sites for hydroxylation is 1. The Balaban J connectivity index is 2.17. The maximum atomic E-state index is 6.38. The Bertz CT molecular complexity index is 578. The van der Waals surface area contributed by atoms with Gasteiger partial charge in [-0.1, -0.05) is 0 Å². The van der Waals surface area contributed by atoms with Crippen LogP contribution in [0, 0.1) is 6.92 Å². The van der Waals surface area contributed by atoms with Crippen LogP contribution in [0.5, 0.6) is 5.75 Å². The number of thiazole rings is 1. The molecule has 0 bridgehead atoms. The Morgan fingerprint density at radius 2 is 2.24 bits per heavy atom. The van der Waals surface area contributed by atoms with Gasteiger partial charge in [0.25, 0.3) is 0 Å². The third-order valence-corrected chi connectivity index (χ3v) is 4.23. The predicted octanol–water partition coefficient (Wildman–Crippen LogP) is 1.46. The van der Waals surface area contributed by atoms with Crippen LogP contribution < -0.4 is 10.5 Å². The van der Waals surface area contributed by atoms with Gasteiger partial charge in [-0.3, -0.25) is 4.68 Å². The van der Waals surface area contributed by atoms with Crippen LogP contribution in [-0.2, 0) is 13.0 Å². The third kappa shape index (κ3) is 4.03. The van der Waals surface area contributed by atoms with E-state index in [1.807, 2.05) is 31.1 Å². The lowest BCUT2D eigenvalue weighted by molar-refractivity contribution is 0.360. The van der Waals surface area contributed by atoms with Crippen molar-refractivity contribution >= 4 is 11.3 Å². The fourth-order valence-corrected chi connectivity index (χ4v) is 3.00. The van der Waals surface area contributed by atoms with E-state index < -0.39 is 0 Å². The minimum atomic E-state index is -0.171. The lowest BCUT2D eigenvalue weighted by atomic mass is 10.1. The maximum Gasteiger partial charge on any atom is 0.161 e. The topological polar surface area (TPSA) is 69.2 Å². The molecule has 0 radical (unpaired) electrons. The zero-order valence-electron chi connectivity index (χ0n) is 13.0. The first-order valence-corrected chi connectivity index (χ1v) is 7.80. The molecule has 2 N–H and O–H groups in total. The number of likely N-dealkylation sites (N-methyl/N-ethyl adjacent to an activating group) is 1. The highest BCUT2D eigenvalue weighted by atomic mass is 32.1. The average Bonchev–Trinajstić information content (AvgIpc) is 3.02. The van der Waals surface area contributed by atoms with E-state index in [1.54, 1.807) is 24.6 Å². The van der Waals surface area contributed by atoms with Crippen LogP contribution in [-0.4, -0.2) is 47.4 Å². The van der Waals surface area contributed by atoms with Gasteiger partial charge in [0.05, 0.1) is 36.6 Å². The third-order valence-electron chi connectivity index (χ3n) is 3.24. The number of rotatable bonds is 7. The van der Waals surface area contributed by atoms with Crippen LogP contribution in [0.4, 0.5) is 0 Å². The van der Waals surface area contributed by atoms with Crippen LogP contribution in [0.1, 0.15) is 22.4 Å². The first-order chi connectivity index (χ1) is 10.0. The molecule has 1 atom stereocenters. The smallest absolute Gasteiger partial charge is 0.161 e. The van der Waals surface area contributed by atoms with E-state index in [0.717, 1.165) is 35.2 Å². The summed E-state index contributed by atoms with van der Waals surface area (Å²) in [6, 6.07) is -0.171. The Labute approximate surface area is 129 Å². The van der Waals surface area contributed by atoms with E-state index in [9.17, 15) is 0 Å². The fourth-order valence-electron chi connectivity index (χ4n) is 2.16. The van der Waals surface area contributed by atoms with E-state index in [0.29, 0.717) is 6.42 Å². The van der Waals surface area contributed by atoms with Crippen LogP contribution >= 0.6 is 11.3 Å². The van der Waals surface area contributed by atoms with Gasteiger partial charge >= 0.3 is 0 Å². The van der Waals surface area contributed by atoms with Crippen molar-refractivity contribution in [3.05, 3.63) is 28.0 Å². The van der Waals surface area contributed by atoms with Crippen molar-refractivity contribution in [2.24, 2.45) is 5.73 Å². The summed E-state index contributed by atoms with van der Waals surface area (Å²) >= 11 is 1.64. The minimum Gasteiger partial charge on any atom is -0.493 e. The number of aromatic nitrogens is 3. The van der Waals surface area contributed by atoms with E-state index in [2.05, 4.69) is 15.0 Å². The van der Waals surface area contributed by atoms with Crippen molar-refractivity contribution in [3.8, 4) is 5.75 Å². The second-order valence-corrected chi connectivity index (χ2v) is 6.26. The number of methoxy groups -OCH3 is 1. The number of ether oxygens (including phenoxy) is 1. The van der Waals surface area contributed by atoms with Gasteiger partial charge in [0.1, 0.15) is 0 Å². The summed E-state index contributed by atoms with van der Waals surface area (Å²) in [5.74, 6) is 0.745. The zero-order valence-corrected chi connectivity index (χ0v) is 13.9. The molecule has 2 aromatic heterocycles. The summed E-state index contributed by atoms with van der Waals surface area (Å²) in [5, 5.41) is 7.48. The highest BCUT2D eigenvalue weighted by Gasteiger charge is 2.20. The monoisotopic (exact) mass is 309 g/mol. The molecule has 6 nitrogen and oxygen atoms in total. The highest BCUT2D eigenvalue weighted by Crippen LogP contribution is 2.26. The Morgan fingerprint density at radius 3 is 2.81 bits per heavy atom. The van der Waals surface area contributed by atoms with E-state index in [1.165, 1.54) is 0 Å².